The van der Waals surface area contributed by atoms with Crippen LogP contribution in [0.4, 0.5) is 5.82 Å². The molecule has 4 heteroatoms. The molecule has 3 rings (SSSR count). The van der Waals surface area contributed by atoms with E-state index in [2.05, 4.69) is 37.1 Å². The van der Waals surface area contributed by atoms with E-state index >= 15 is 0 Å². The van der Waals surface area contributed by atoms with Crippen LogP contribution >= 0.6 is 0 Å². The van der Waals surface area contributed by atoms with E-state index in [-0.39, 0.29) is 23.6 Å². The summed E-state index contributed by atoms with van der Waals surface area (Å²) in [6, 6.07) is 4.57. The molecule has 4 nitrogen and oxygen atoms in total. The summed E-state index contributed by atoms with van der Waals surface area (Å²) in [4.78, 5) is 4.52. The lowest BCUT2D eigenvalue weighted by atomic mass is 9.68. The summed E-state index contributed by atoms with van der Waals surface area (Å²) in [6.07, 6.45) is 4.55. The van der Waals surface area contributed by atoms with E-state index < -0.39 is 0 Å². The number of hydrogen-bond donors (Lipinski definition) is 2. The van der Waals surface area contributed by atoms with E-state index in [0.29, 0.717) is 5.92 Å². The molecular weight excluding hydrogens is 250 g/mol. The Bertz CT molecular complexity index is 466. The van der Waals surface area contributed by atoms with Crippen LogP contribution in [0.1, 0.15) is 39.2 Å². The zero-order valence-electron chi connectivity index (χ0n) is 12.6. The fraction of sp³-hybridized carbons (Fsp3) is 0.688. The minimum atomic E-state index is 0.135. The van der Waals surface area contributed by atoms with Gasteiger partial charge in [0.1, 0.15) is 5.82 Å². The highest BCUT2D eigenvalue weighted by Crippen LogP contribution is 2.38. The summed E-state index contributed by atoms with van der Waals surface area (Å²) >= 11 is 0. The molecule has 4 unspecified atom stereocenters. The highest BCUT2D eigenvalue weighted by molar-refractivity contribution is 5.40. The Kier molecular flexibility index (Phi) is 3.46. The number of aromatic nitrogens is 1. The van der Waals surface area contributed by atoms with Gasteiger partial charge in [0.05, 0.1) is 12.1 Å². The molecule has 20 heavy (non-hydrogen) atoms. The maximum Gasteiger partial charge on any atom is 0.126 e. The van der Waals surface area contributed by atoms with Gasteiger partial charge in [-0.3, -0.25) is 0 Å². The van der Waals surface area contributed by atoms with Gasteiger partial charge < -0.3 is 15.8 Å². The lowest BCUT2D eigenvalue weighted by molar-refractivity contribution is -0.104. The molecule has 2 fully saturated rings. The quantitative estimate of drug-likeness (QED) is 0.869. The van der Waals surface area contributed by atoms with Crippen molar-refractivity contribution in [1.82, 2.24) is 4.98 Å². The summed E-state index contributed by atoms with van der Waals surface area (Å²) in [6.45, 7) is 7.45. The first-order valence-electron chi connectivity index (χ1n) is 7.57. The fourth-order valence-electron chi connectivity index (χ4n) is 3.22. The summed E-state index contributed by atoms with van der Waals surface area (Å²) in [7, 11) is 0. The minimum Gasteiger partial charge on any atom is -0.376 e. The second kappa shape index (κ2) is 5.01. The van der Waals surface area contributed by atoms with Crippen LogP contribution in [0, 0.1) is 5.92 Å². The molecule has 4 atom stereocenters. The van der Waals surface area contributed by atoms with Gasteiger partial charge in [0, 0.05) is 24.8 Å². The summed E-state index contributed by atoms with van der Waals surface area (Å²) in [5.74, 6) is 1.42. The van der Waals surface area contributed by atoms with Gasteiger partial charge in [-0.1, -0.05) is 26.8 Å². The zero-order valence-corrected chi connectivity index (χ0v) is 12.6. The molecule has 110 valence electrons. The predicted octanol–water partition coefficient (Wildman–Crippen LogP) is 2.30. The standard InChI is InChI=1S/C16H25N3O/c1-16(2,3)10-6-7-12(18-9-10)19-14-13(17)11-5-4-8-20-15(11)14/h6-7,9,11,13-15H,4-5,8,17H2,1-3H3,(H,18,19). The second-order valence-corrected chi connectivity index (χ2v) is 7.07. The largest absolute Gasteiger partial charge is 0.376 e. The molecule has 2 aliphatic rings. The number of pyridine rings is 1. The molecule has 0 aromatic carbocycles. The van der Waals surface area contributed by atoms with E-state index in [9.17, 15) is 0 Å². The Morgan fingerprint density at radius 1 is 1.35 bits per heavy atom. The third-order valence-electron chi connectivity index (χ3n) is 4.62. The van der Waals surface area contributed by atoms with Crippen molar-refractivity contribution in [2.75, 3.05) is 11.9 Å². The molecule has 1 aliphatic carbocycles. The molecule has 3 N–H and O–H groups in total. The zero-order chi connectivity index (χ0) is 14.3. The van der Waals surface area contributed by atoms with E-state index in [4.69, 9.17) is 10.5 Å². The average molecular weight is 275 g/mol. The van der Waals surface area contributed by atoms with Gasteiger partial charge >= 0.3 is 0 Å². The van der Waals surface area contributed by atoms with Crippen molar-refractivity contribution in [3.63, 3.8) is 0 Å². The Hall–Kier alpha value is -1.13. The van der Waals surface area contributed by atoms with Crippen molar-refractivity contribution < 1.29 is 4.74 Å². The topological polar surface area (TPSA) is 60.2 Å². The number of fused-ring (bicyclic) bond motifs is 1. The molecule has 0 amide bonds. The molecule has 1 aromatic heterocycles. The number of anilines is 1. The van der Waals surface area contributed by atoms with Crippen LogP contribution in [0.5, 0.6) is 0 Å². The number of hydrogen-bond acceptors (Lipinski definition) is 4. The molecule has 1 saturated heterocycles. The van der Waals surface area contributed by atoms with Crippen LogP contribution in [-0.4, -0.2) is 29.8 Å². The normalized spacial score (nSPS) is 33.2. The van der Waals surface area contributed by atoms with Gasteiger partial charge in [0.2, 0.25) is 0 Å². The van der Waals surface area contributed by atoms with E-state index in [0.717, 1.165) is 18.8 Å². The van der Waals surface area contributed by atoms with Crippen molar-refractivity contribution >= 4 is 5.82 Å². The molecule has 1 aromatic rings. The average Bonchev–Trinajstić information content (AvgIpc) is 2.44. The molecular formula is C16H25N3O. The second-order valence-electron chi connectivity index (χ2n) is 7.07. The van der Waals surface area contributed by atoms with Crippen LogP contribution in [-0.2, 0) is 10.2 Å². The van der Waals surface area contributed by atoms with Gasteiger partial charge in [0.15, 0.2) is 0 Å². The fourth-order valence-corrected chi connectivity index (χ4v) is 3.22. The number of rotatable bonds is 2. The number of nitrogens with zero attached hydrogens (tertiary/aromatic N) is 1. The van der Waals surface area contributed by atoms with Gasteiger partial charge in [-0.2, -0.15) is 0 Å². The van der Waals surface area contributed by atoms with Crippen LogP contribution in [0.15, 0.2) is 18.3 Å². The van der Waals surface area contributed by atoms with Gasteiger partial charge in [0.25, 0.3) is 0 Å². The van der Waals surface area contributed by atoms with Gasteiger partial charge in [-0.05, 0) is 29.9 Å². The minimum absolute atomic E-state index is 0.135. The van der Waals surface area contributed by atoms with Crippen molar-refractivity contribution in [3.8, 4) is 0 Å². The smallest absolute Gasteiger partial charge is 0.126 e. The first-order valence-corrected chi connectivity index (χ1v) is 7.57. The SMILES string of the molecule is CC(C)(C)c1ccc(NC2C(N)C3CCCOC32)nc1. The van der Waals surface area contributed by atoms with Gasteiger partial charge in [-0.25, -0.2) is 4.98 Å². The molecule has 1 saturated carbocycles. The molecule has 2 heterocycles. The molecule has 0 bridgehead atoms. The third kappa shape index (κ3) is 2.42. The van der Waals surface area contributed by atoms with E-state index in [1.54, 1.807) is 0 Å². The first-order chi connectivity index (χ1) is 9.47. The van der Waals surface area contributed by atoms with Crippen LogP contribution in [0.3, 0.4) is 0 Å². The molecule has 0 spiro atoms. The maximum atomic E-state index is 6.25. The van der Waals surface area contributed by atoms with Crippen molar-refractivity contribution in [2.24, 2.45) is 11.7 Å². The Labute approximate surface area is 121 Å². The number of ether oxygens (including phenoxy) is 1. The van der Waals surface area contributed by atoms with Crippen molar-refractivity contribution in [2.45, 2.75) is 57.2 Å². The maximum absolute atomic E-state index is 6.25. The highest BCUT2D eigenvalue weighted by Gasteiger charge is 2.50. The summed E-state index contributed by atoms with van der Waals surface area (Å²) < 4.78 is 5.84. The van der Waals surface area contributed by atoms with E-state index in [1.807, 2.05) is 12.3 Å². The first kappa shape index (κ1) is 13.8. The van der Waals surface area contributed by atoms with Crippen LogP contribution in [0.2, 0.25) is 0 Å². The Morgan fingerprint density at radius 2 is 2.15 bits per heavy atom. The molecule has 0 radical (unpaired) electrons. The number of nitrogens with two attached hydrogens (primary N) is 1. The Balaban J connectivity index is 1.66. The monoisotopic (exact) mass is 275 g/mol. The lowest BCUT2D eigenvalue weighted by Gasteiger charge is -2.52. The molecule has 1 aliphatic heterocycles. The number of nitrogens with one attached hydrogen (secondary N) is 1. The van der Waals surface area contributed by atoms with Crippen molar-refractivity contribution in [3.05, 3.63) is 23.9 Å². The Morgan fingerprint density at radius 3 is 2.80 bits per heavy atom. The summed E-state index contributed by atoms with van der Waals surface area (Å²) in [5, 5.41) is 3.44. The van der Waals surface area contributed by atoms with Crippen LogP contribution in [0.25, 0.3) is 0 Å². The van der Waals surface area contributed by atoms with E-state index in [1.165, 1.54) is 12.0 Å². The van der Waals surface area contributed by atoms with Crippen molar-refractivity contribution in [1.29, 1.82) is 0 Å². The van der Waals surface area contributed by atoms with Crippen LogP contribution < -0.4 is 11.1 Å². The third-order valence-corrected chi connectivity index (χ3v) is 4.62. The lowest BCUT2D eigenvalue weighted by Crippen LogP contribution is -2.69. The highest BCUT2D eigenvalue weighted by atomic mass is 16.5. The summed E-state index contributed by atoms with van der Waals surface area (Å²) in [5.41, 5.74) is 7.63. The van der Waals surface area contributed by atoms with Gasteiger partial charge in [-0.15, -0.1) is 0 Å². The predicted molar refractivity (Wildman–Crippen MR) is 80.8 cm³/mol.